The largest absolute Gasteiger partial charge is 0.497 e. The lowest BCUT2D eigenvalue weighted by atomic mass is 10.1. The number of aryl methyl sites for hydroxylation is 1. The summed E-state index contributed by atoms with van der Waals surface area (Å²) >= 11 is 0. The molecule has 0 unspecified atom stereocenters. The highest BCUT2D eigenvalue weighted by atomic mass is 16.5. The molecular formula is C26H29NO5. The van der Waals surface area contributed by atoms with Crippen LogP contribution >= 0.6 is 0 Å². The number of ether oxygens (including phenoxy) is 3. The van der Waals surface area contributed by atoms with Gasteiger partial charge in [-0.2, -0.15) is 0 Å². The number of pyridine rings is 1. The molecule has 0 bridgehead atoms. The minimum Gasteiger partial charge on any atom is -0.497 e. The van der Waals surface area contributed by atoms with E-state index in [-0.39, 0.29) is 12.7 Å². The number of rotatable bonds is 11. The van der Waals surface area contributed by atoms with Crippen LogP contribution in [0.5, 0.6) is 17.2 Å². The van der Waals surface area contributed by atoms with Gasteiger partial charge < -0.3 is 19.3 Å². The molecule has 0 fully saturated rings. The summed E-state index contributed by atoms with van der Waals surface area (Å²) in [5.41, 5.74) is 3.58. The third kappa shape index (κ3) is 6.23. The zero-order valence-electron chi connectivity index (χ0n) is 18.7. The van der Waals surface area contributed by atoms with E-state index in [2.05, 4.69) is 6.92 Å². The van der Waals surface area contributed by atoms with Crippen LogP contribution in [0.15, 0.2) is 60.7 Å². The second kappa shape index (κ2) is 11.2. The topological polar surface area (TPSA) is 77.9 Å². The van der Waals surface area contributed by atoms with Gasteiger partial charge in [0, 0.05) is 5.56 Å². The molecule has 0 amide bonds. The quantitative estimate of drug-likeness (QED) is 0.408. The number of hydrogen-bond donors (Lipinski definition) is 1. The first kappa shape index (κ1) is 23.1. The Labute approximate surface area is 188 Å². The lowest BCUT2D eigenvalue weighted by Gasteiger charge is -2.20. The Morgan fingerprint density at radius 3 is 2.47 bits per heavy atom. The summed E-state index contributed by atoms with van der Waals surface area (Å²) in [5.74, 6) is 1.03. The number of carboxylic acids is 1. The van der Waals surface area contributed by atoms with Gasteiger partial charge in [-0.3, -0.25) is 0 Å². The van der Waals surface area contributed by atoms with E-state index < -0.39 is 5.97 Å². The normalized spacial score (nSPS) is 11.6. The van der Waals surface area contributed by atoms with Crippen molar-refractivity contribution in [3.63, 3.8) is 0 Å². The fourth-order valence-corrected chi connectivity index (χ4v) is 3.37. The summed E-state index contributed by atoms with van der Waals surface area (Å²) < 4.78 is 16.9. The minimum atomic E-state index is -1.01. The van der Waals surface area contributed by atoms with Gasteiger partial charge >= 0.3 is 5.97 Å². The second-order valence-corrected chi connectivity index (χ2v) is 7.53. The van der Waals surface area contributed by atoms with Crippen molar-refractivity contribution < 1.29 is 24.1 Å². The monoisotopic (exact) mass is 435 g/mol. The van der Waals surface area contributed by atoms with E-state index in [0.29, 0.717) is 11.5 Å². The van der Waals surface area contributed by atoms with Crippen molar-refractivity contribution in [3.05, 3.63) is 71.9 Å². The van der Waals surface area contributed by atoms with Crippen molar-refractivity contribution >= 4 is 5.97 Å². The molecule has 3 aromatic rings. The van der Waals surface area contributed by atoms with Crippen molar-refractivity contribution in [2.45, 2.75) is 39.2 Å². The highest BCUT2D eigenvalue weighted by Crippen LogP contribution is 2.30. The van der Waals surface area contributed by atoms with E-state index in [1.54, 1.807) is 19.2 Å². The molecule has 1 aromatic heterocycles. The molecular weight excluding hydrogens is 406 g/mol. The molecule has 6 heteroatoms. The summed E-state index contributed by atoms with van der Waals surface area (Å²) in [6, 6.07) is 19.2. The number of aromatic nitrogens is 1. The van der Waals surface area contributed by atoms with Crippen molar-refractivity contribution in [2.75, 3.05) is 13.7 Å². The zero-order valence-corrected chi connectivity index (χ0v) is 18.7. The Balaban J connectivity index is 1.82. The van der Waals surface area contributed by atoms with E-state index in [1.165, 1.54) is 0 Å². The molecule has 1 N–H and O–H groups in total. The van der Waals surface area contributed by atoms with E-state index in [0.717, 1.165) is 47.5 Å². The average molecular weight is 436 g/mol. The summed E-state index contributed by atoms with van der Waals surface area (Å²) in [7, 11) is 1.65. The maximum absolute atomic E-state index is 10.8. The fraction of sp³-hybridized carbons (Fsp3) is 0.308. The molecule has 1 atom stereocenters. The number of nitrogens with zero attached hydrogens (tertiary/aromatic N) is 1. The van der Waals surface area contributed by atoms with Crippen molar-refractivity contribution in [1.82, 2.24) is 4.98 Å². The van der Waals surface area contributed by atoms with Gasteiger partial charge in [-0.05, 0) is 79.9 Å². The summed E-state index contributed by atoms with van der Waals surface area (Å²) in [4.78, 5) is 15.6. The Morgan fingerprint density at radius 2 is 1.81 bits per heavy atom. The van der Waals surface area contributed by atoms with Crippen molar-refractivity contribution in [3.8, 4) is 28.5 Å². The molecule has 0 aliphatic heterocycles. The summed E-state index contributed by atoms with van der Waals surface area (Å²) in [6.07, 6.45) is 2.71. The van der Waals surface area contributed by atoms with E-state index in [9.17, 15) is 4.79 Å². The molecule has 3 rings (SSSR count). The lowest BCUT2D eigenvalue weighted by Crippen LogP contribution is -2.11. The molecule has 0 saturated carbocycles. The molecule has 2 aromatic carbocycles. The molecule has 6 nitrogen and oxygen atoms in total. The highest BCUT2D eigenvalue weighted by Gasteiger charge is 2.17. The molecule has 0 saturated heterocycles. The Kier molecular flexibility index (Phi) is 8.08. The van der Waals surface area contributed by atoms with Crippen LogP contribution < -0.4 is 14.2 Å². The first-order valence-corrected chi connectivity index (χ1v) is 10.7. The van der Waals surface area contributed by atoms with Gasteiger partial charge in [0.25, 0.3) is 0 Å². The molecule has 32 heavy (non-hydrogen) atoms. The average Bonchev–Trinajstić information content (AvgIpc) is 2.81. The van der Waals surface area contributed by atoms with Crippen molar-refractivity contribution in [1.29, 1.82) is 0 Å². The standard InChI is InChI=1S/C26H29NO5/c1-4-5-9-25(32-21-14-15-24(18(2)16-21)31-17-26(28)29)23-8-6-7-22(27-23)19-10-12-20(30-3)13-11-19/h6-8,10-16,25H,4-5,9,17H2,1-3H3,(H,28,29)/t25-/m0/s1. The van der Waals surface area contributed by atoms with Crippen LogP contribution in [0.25, 0.3) is 11.3 Å². The SMILES string of the molecule is CCCC[C@H](Oc1ccc(OCC(=O)O)c(C)c1)c1cccc(-c2ccc(OC)cc2)n1. The van der Waals surface area contributed by atoms with Crippen LogP contribution in [-0.2, 0) is 4.79 Å². The van der Waals surface area contributed by atoms with Crippen LogP contribution in [0.1, 0.15) is 43.5 Å². The van der Waals surface area contributed by atoms with Gasteiger partial charge in [0.15, 0.2) is 6.61 Å². The van der Waals surface area contributed by atoms with Gasteiger partial charge in [0.1, 0.15) is 23.4 Å². The highest BCUT2D eigenvalue weighted by molar-refractivity contribution is 5.68. The number of carboxylic acid groups (broad SMARTS) is 1. The van der Waals surface area contributed by atoms with E-state index in [1.807, 2.05) is 55.5 Å². The van der Waals surface area contributed by atoms with Crippen molar-refractivity contribution in [2.24, 2.45) is 0 Å². The number of hydrogen-bond acceptors (Lipinski definition) is 5. The fourth-order valence-electron chi connectivity index (χ4n) is 3.37. The van der Waals surface area contributed by atoms with Gasteiger partial charge in [0.2, 0.25) is 0 Å². The zero-order chi connectivity index (χ0) is 22.9. The van der Waals surface area contributed by atoms with E-state index >= 15 is 0 Å². The smallest absolute Gasteiger partial charge is 0.341 e. The summed E-state index contributed by atoms with van der Waals surface area (Å²) in [5, 5.41) is 8.82. The molecule has 0 aliphatic carbocycles. The van der Waals surface area contributed by atoms with Crippen LogP contribution in [0.4, 0.5) is 0 Å². The van der Waals surface area contributed by atoms with E-state index in [4.69, 9.17) is 24.3 Å². The van der Waals surface area contributed by atoms with Crippen LogP contribution in [0.3, 0.4) is 0 Å². The van der Waals surface area contributed by atoms with Gasteiger partial charge in [-0.25, -0.2) is 9.78 Å². The third-order valence-electron chi connectivity index (χ3n) is 5.08. The predicted octanol–water partition coefficient (Wildman–Crippen LogP) is 5.84. The second-order valence-electron chi connectivity index (χ2n) is 7.53. The minimum absolute atomic E-state index is 0.196. The third-order valence-corrected chi connectivity index (χ3v) is 5.08. The maximum Gasteiger partial charge on any atom is 0.341 e. The maximum atomic E-state index is 10.8. The Hall–Kier alpha value is -3.54. The lowest BCUT2D eigenvalue weighted by molar-refractivity contribution is -0.139. The predicted molar refractivity (Wildman–Crippen MR) is 123 cm³/mol. The number of carbonyl (C=O) groups is 1. The summed E-state index contributed by atoms with van der Waals surface area (Å²) in [6.45, 7) is 3.65. The number of benzene rings is 2. The first-order chi connectivity index (χ1) is 15.5. The molecule has 0 aliphatic rings. The number of unbranched alkanes of at least 4 members (excludes halogenated alkanes) is 1. The van der Waals surface area contributed by atoms with Gasteiger partial charge in [-0.1, -0.05) is 19.4 Å². The molecule has 0 radical (unpaired) electrons. The molecule has 0 spiro atoms. The van der Waals surface area contributed by atoms with Crippen LogP contribution in [0, 0.1) is 6.92 Å². The Morgan fingerprint density at radius 1 is 1.06 bits per heavy atom. The number of aliphatic carboxylic acids is 1. The first-order valence-electron chi connectivity index (χ1n) is 10.7. The van der Waals surface area contributed by atoms with Crippen LogP contribution in [-0.4, -0.2) is 29.8 Å². The van der Waals surface area contributed by atoms with Crippen LogP contribution in [0.2, 0.25) is 0 Å². The number of methoxy groups -OCH3 is 1. The van der Waals surface area contributed by atoms with Gasteiger partial charge in [-0.15, -0.1) is 0 Å². The van der Waals surface area contributed by atoms with Gasteiger partial charge in [0.05, 0.1) is 18.5 Å². The molecule has 1 heterocycles. The molecule has 168 valence electrons. The Bertz CT molecular complexity index is 1030.